The summed E-state index contributed by atoms with van der Waals surface area (Å²) in [6, 6.07) is 0.121. The summed E-state index contributed by atoms with van der Waals surface area (Å²) >= 11 is 0. The van der Waals surface area contributed by atoms with E-state index in [1.807, 2.05) is 0 Å². The first-order valence-electron chi connectivity index (χ1n) is 7.76. The zero-order valence-electron chi connectivity index (χ0n) is 13.4. The number of nitrogens with one attached hydrogen (secondary N) is 1. The fourth-order valence-electron chi connectivity index (χ4n) is 3.02. The van der Waals surface area contributed by atoms with Crippen LogP contribution in [0.4, 0.5) is 0 Å². The molecule has 5 heteroatoms. The molecule has 0 radical (unpaired) electrons. The summed E-state index contributed by atoms with van der Waals surface area (Å²) in [7, 11) is -1.44. The highest BCUT2D eigenvalue weighted by molar-refractivity contribution is 7.92. The molecule has 0 aromatic rings. The minimum atomic E-state index is -3.05. The van der Waals surface area contributed by atoms with Gasteiger partial charge in [-0.05, 0) is 44.1 Å². The van der Waals surface area contributed by atoms with Gasteiger partial charge in [0.15, 0.2) is 9.84 Å². The third-order valence-electron chi connectivity index (χ3n) is 4.23. The van der Waals surface area contributed by atoms with Crippen molar-refractivity contribution in [3.8, 4) is 0 Å². The van der Waals surface area contributed by atoms with Crippen LogP contribution in [-0.4, -0.2) is 45.7 Å². The van der Waals surface area contributed by atoms with Gasteiger partial charge < -0.3 is 10.1 Å². The Morgan fingerprint density at radius 1 is 1.35 bits per heavy atom. The molecule has 1 saturated carbocycles. The summed E-state index contributed by atoms with van der Waals surface area (Å²) in [4.78, 5) is 0. The second kappa shape index (κ2) is 7.76. The Kier molecular flexibility index (Phi) is 6.95. The van der Waals surface area contributed by atoms with Crippen molar-refractivity contribution in [1.29, 1.82) is 0 Å². The van der Waals surface area contributed by atoms with Crippen LogP contribution in [0.5, 0.6) is 0 Å². The number of hydrogen-bond donors (Lipinski definition) is 1. The van der Waals surface area contributed by atoms with E-state index in [1.54, 1.807) is 7.11 Å². The zero-order valence-corrected chi connectivity index (χ0v) is 14.3. The van der Waals surface area contributed by atoms with Crippen molar-refractivity contribution in [3.05, 3.63) is 0 Å². The molecule has 1 rings (SSSR count). The summed E-state index contributed by atoms with van der Waals surface area (Å²) in [5.41, 5.74) is 0.128. The Morgan fingerprint density at radius 3 is 2.65 bits per heavy atom. The molecule has 20 heavy (non-hydrogen) atoms. The summed E-state index contributed by atoms with van der Waals surface area (Å²) < 4.78 is 30.2. The smallest absolute Gasteiger partial charge is 0.154 e. The van der Waals surface area contributed by atoms with Gasteiger partial charge in [0.05, 0.1) is 11.0 Å². The third kappa shape index (κ3) is 5.34. The minimum Gasteiger partial charge on any atom is -0.385 e. The molecule has 1 fully saturated rings. The maximum atomic E-state index is 12.6. The van der Waals surface area contributed by atoms with E-state index in [1.165, 1.54) is 0 Å². The number of hydrogen-bond acceptors (Lipinski definition) is 4. The van der Waals surface area contributed by atoms with Crippen molar-refractivity contribution in [1.82, 2.24) is 5.32 Å². The number of ether oxygens (including phenoxy) is 1. The molecule has 0 spiro atoms. The maximum absolute atomic E-state index is 12.6. The summed E-state index contributed by atoms with van der Waals surface area (Å²) in [5, 5.41) is 3.20. The molecule has 0 aromatic carbocycles. The minimum absolute atomic E-state index is 0.121. The van der Waals surface area contributed by atoms with Gasteiger partial charge in [0.1, 0.15) is 0 Å². The maximum Gasteiger partial charge on any atom is 0.154 e. The van der Waals surface area contributed by atoms with Gasteiger partial charge in [-0.3, -0.25) is 0 Å². The van der Waals surface area contributed by atoms with Gasteiger partial charge in [-0.25, -0.2) is 8.42 Å². The first kappa shape index (κ1) is 17.9. The fourth-order valence-corrected chi connectivity index (χ4v) is 5.28. The summed E-state index contributed by atoms with van der Waals surface area (Å²) in [6.45, 7) is 7.89. The van der Waals surface area contributed by atoms with E-state index < -0.39 is 9.84 Å². The van der Waals surface area contributed by atoms with Gasteiger partial charge in [-0.2, -0.15) is 0 Å². The lowest BCUT2D eigenvalue weighted by molar-refractivity contribution is 0.197. The first-order chi connectivity index (χ1) is 9.32. The van der Waals surface area contributed by atoms with Crippen LogP contribution < -0.4 is 5.32 Å². The second-order valence-electron chi connectivity index (χ2n) is 6.72. The highest BCUT2D eigenvalue weighted by Gasteiger charge is 2.41. The number of methoxy groups -OCH3 is 1. The Morgan fingerprint density at radius 2 is 2.05 bits per heavy atom. The Hall–Kier alpha value is -0.130. The van der Waals surface area contributed by atoms with Crippen LogP contribution in [0.1, 0.15) is 52.9 Å². The van der Waals surface area contributed by atoms with Crippen LogP contribution in [-0.2, 0) is 14.6 Å². The largest absolute Gasteiger partial charge is 0.385 e. The van der Waals surface area contributed by atoms with Crippen molar-refractivity contribution in [2.24, 2.45) is 5.41 Å². The molecule has 0 amide bonds. The normalized spacial score (nSPS) is 26.6. The molecular formula is C15H31NO3S. The van der Waals surface area contributed by atoms with E-state index in [9.17, 15) is 8.42 Å². The molecule has 0 aromatic heterocycles. The molecular weight excluding hydrogens is 274 g/mol. The Balaban J connectivity index is 2.76. The van der Waals surface area contributed by atoms with Gasteiger partial charge in [0.25, 0.3) is 0 Å². The average Bonchev–Trinajstić information content (AvgIpc) is 2.37. The molecule has 1 N–H and O–H groups in total. The van der Waals surface area contributed by atoms with Crippen LogP contribution in [0.25, 0.3) is 0 Å². The molecule has 0 bridgehead atoms. The lowest BCUT2D eigenvalue weighted by Crippen LogP contribution is -2.50. The fraction of sp³-hybridized carbons (Fsp3) is 1.00. The van der Waals surface area contributed by atoms with Crippen molar-refractivity contribution in [2.75, 3.05) is 26.0 Å². The van der Waals surface area contributed by atoms with Crippen molar-refractivity contribution >= 4 is 9.84 Å². The predicted octanol–water partition coefficient (Wildman–Crippen LogP) is 2.38. The van der Waals surface area contributed by atoms with Crippen molar-refractivity contribution < 1.29 is 13.2 Å². The van der Waals surface area contributed by atoms with E-state index in [0.717, 1.165) is 32.2 Å². The van der Waals surface area contributed by atoms with Crippen LogP contribution in [0, 0.1) is 5.41 Å². The quantitative estimate of drug-likeness (QED) is 0.700. The SMILES string of the molecule is CCCNC1CCC(C)(C)CC1S(=O)(=O)CCCOC. The molecule has 1 aliphatic carbocycles. The van der Waals surface area contributed by atoms with Crippen molar-refractivity contribution in [2.45, 2.75) is 64.2 Å². The van der Waals surface area contributed by atoms with E-state index >= 15 is 0 Å². The summed E-state index contributed by atoms with van der Waals surface area (Å²) in [5.74, 6) is 0.242. The van der Waals surface area contributed by atoms with Crippen LogP contribution in [0.15, 0.2) is 0 Å². The Bertz CT molecular complexity index is 379. The first-order valence-corrected chi connectivity index (χ1v) is 9.48. The van der Waals surface area contributed by atoms with Gasteiger partial charge in [-0.15, -0.1) is 0 Å². The van der Waals surface area contributed by atoms with E-state index in [-0.39, 0.29) is 22.5 Å². The van der Waals surface area contributed by atoms with Gasteiger partial charge >= 0.3 is 0 Å². The highest BCUT2D eigenvalue weighted by atomic mass is 32.2. The van der Waals surface area contributed by atoms with E-state index in [2.05, 4.69) is 26.1 Å². The lowest BCUT2D eigenvalue weighted by atomic mass is 9.75. The van der Waals surface area contributed by atoms with E-state index in [0.29, 0.717) is 13.0 Å². The van der Waals surface area contributed by atoms with Gasteiger partial charge in [-0.1, -0.05) is 20.8 Å². The topological polar surface area (TPSA) is 55.4 Å². The van der Waals surface area contributed by atoms with Crippen LogP contribution >= 0.6 is 0 Å². The molecule has 0 heterocycles. The lowest BCUT2D eigenvalue weighted by Gasteiger charge is -2.40. The molecule has 120 valence electrons. The highest BCUT2D eigenvalue weighted by Crippen LogP contribution is 2.38. The Labute approximate surface area is 124 Å². The summed E-state index contributed by atoms with van der Waals surface area (Å²) in [6.07, 6.45) is 4.45. The predicted molar refractivity (Wildman–Crippen MR) is 83.8 cm³/mol. The van der Waals surface area contributed by atoms with Gasteiger partial charge in [0, 0.05) is 19.8 Å². The van der Waals surface area contributed by atoms with Crippen molar-refractivity contribution in [3.63, 3.8) is 0 Å². The number of rotatable bonds is 8. The molecule has 4 nitrogen and oxygen atoms in total. The molecule has 2 unspecified atom stereocenters. The van der Waals surface area contributed by atoms with Gasteiger partial charge in [0.2, 0.25) is 0 Å². The molecule has 0 aliphatic heterocycles. The molecule has 2 atom stereocenters. The van der Waals surface area contributed by atoms with E-state index in [4.69, 9.17) is 4.74 Å². The number of sulfone groups is 1. The second-order valence-corrected chi connectivity index (χ2v) is 9.06. The van der Waals surface area contributed by atoms with Crippen LogP contribution in [0.2, 0.25) is 0 Å². The molecule has 1 aliphatic rings. The molecule has 0 saturated heterocycles. The average molecular weight is 305 g/mol. The zero-order chi connectivity index (χ0) is 15.2. The monoisotopic (exact) mass is 305 g/mol. The third-order valence-corrected chi connectivity index (χ3v) is 6.51. The standard InChI is InChI=1S/C15H31NO3S/c1-5-9-16-13-7-8-15(2,3)12-14(13)20(17,18)11-6-10-19-4/h13-14,16H,5-12H2,1-4H3. The van der Waals surface area contributed by atoms with Crippen LogP contribution in [0.3, 0.4) is 0 Å².